The Morgan fingerprint density at radius 2 is 1.51 bits per heavy atom. The molecule has 0 spiro atoms. The van der Waals surface area contributed by atoms with Crippen molar-refractivity contribution in [1.29, 1.82) is 0 Å². The number of carbonyl (C=O) groups is 5. The van der Waals surface area contributed by atoms with Crippen molar-refractivity contribution >= 4 is 30.1 Å². The Bertz CT molecular complexity index is 901. The summed E-state index contributed by atoms with van der Waals surface area (Å²) in [6.07, 6.45) is 2.42. The summed E-state index contributed by atoms with van der Waals surface area (Å²) in [4.78, 5) is 68.7. The lowest BCUT2D eigenvalue weighted by Gasteiger charge is -2.47. The summed E-state index contributed by atoms with van der Waals surface area (Å²) >= 11 is 0. The number of esters is 1. The second-order valence-corrected chi connectivity index (χ2v) is 10.6. The molecule has 0 unspecified atom stereocenters. The number of urea groups is 1. The molecule has 3 fully saturated rings. The molecule has 0 aliphatic carbocycles. The van der Waals surface area contributed by atoms with Gasteiger partial charge in [-0.25, -0.2) is 24.1 Å². The Hall–Kier alpha value is -3.31. The van der Waals surface area contributed by atoms with Crippen LogP contribution in [0.25, 0.3) is 0 Å². The van der Waals surface area contributed by atoms with Crippen LogP contribution >= 0.6 is 0 Å². The van der Waals surface area contributed by atoms with Gasteiger partial charge in [-0.1, -0.05) is 12.7 Å². The number of ether oxygens (including phenoxy) is 3. The molecule has 3 aliphatic rings. The average molecular weight is 523 g/mol. The summed E-state index contributed by atoms with van der Waals surface area (Å²) in [7, 11) is 1.23. The van der Waals surface area contributed by atoms with E-state index in [0.717, 1.165) is 4.90 Å². The summed E-state index contributed by atoms with van der Waals surface area (Å²) in [5.74, 6) is -1.55. The number of piperazine rings is 1. The standard InChI is InChI=1S/C25H38N4O8/c1-6-15-36-23(33)28-13-11-26(12-14-28)22(32)29-19(21(31)35-5)18(20(29)30)16-17-7-9-27(10-8-17)24(34)37-25(2,3)4/h6,17-19H,1,7-16H2,2-5H3/t18-,19+/m1/s1. The highest BCUT2D eigenvalue weighted by Gasteiger charge is 2.56. The molecule has 0 saturated carbocycles. The van der Waals surface area contributed by atoms with Gasteiger partial charge in [-0.2, -0.15) is 0 Å². The fraction of sp³-hybridized carbons (Fsp3) is 0.720. The van der Waals surface area contributed by atoms with E-state index in [9.17, 15) is 24.0 Å². The normalized spacial score (nSPS) is 22.8. The minimum atomic E-state index is -0.982. The molecule has 2 atom stereocenters. The van der Waals surface area contributed by atoms with Crippen molar-refractivity contribution in [2.45, 2.75) is 51.7 Å². The maximum atomic E-state index is 13.2. The maximum absolute atomic E-state index is 13.2. The van der Waals surface area contributed by atoms with E-state index in [1.807, 2.05) is 20.8 Å². The molecule has 3 saturated heterocycles. The summed E-state index contributed by atoms with van der Waals surface area (Å²) in [6, 6.07) is -1.54. The Morgan fingerprint density at radius 1 is 0.946 bits per heavy atom. The quantitative estimate of drug-likeness (QED) is 0.233. The first-order valence-corrected chi connectivity index (χ1v) is 12.7. The molecule has 0 bridgehead atoms. The smallest absolute Gasteiger partial charge is 0.410 e. The van der Waals surface area contributed by atoms with Crippen LogP contribution in [0.15, 0.2) is 12.7 Å². The lowest BCUT2D eigenvalue weighted by atomic mass is 9.77. The van der Waals surface area contributed by atoms with Gasteiger partial charge in [0.1, 0.15) is 12.2 Å². The van der Waals surface area contributed by atoms with Crippen molar-refractivity contribution in [3.63, 3.8) is 0 Å². The van der Waals surface area contributed by atoms with Crippen molar-refractivity contribution in [3.8, 4) is 0 Å². The average Bonchev–Trinajstić information content (AvgIpc) is 2.87. The Morgan fingerprint density at radius 3 is 2.05 bits per heavy atom. The van der Waals surface area contributed by atoms with Gasteiger partial charge < -0.3 is 28.9 Å². The van der Waals surface area contributed by atoms with E-state index in [1.165, 1.54) is 23.0 Å². The van der Waals surface area contributed by atoms with E-state index in [1.54, 1.807) is 4.90 Å². The Labute approximate surface area is 217 Å². The highest BCUT2D eigenvalue weighted by molar-refractivity contribution is 6.07. The zero-order valence-electron chi connectivity index (χ0n) is 22.1. The summed E-state index contributed by atoms with van der Waals surface area (Å²) in [5, 5.41) is 0. The van der Waals surface area contributed by atoms with Crippen molar-refractivity contribution in [3.05, 3.63) is 12.7 Å². The number of carbonyl (C=O) groups excluding carboxylic acids is 5. The zero-order chi connectivity index (χ0) is 27.3. The number of hydrogen-bond donors (Lipinski definition) is 0. The third-order valence-corrected chi connectivity index (χ3v) is 6.85. The van der Waals surface area contributed by atoms with E-state index in [0.29, 0.717) is 32.4 Å². The molecular weight excluding hydrogens is 484 g/mol. The molecule has 5 amide bonds. The summed E-state index contributed by atoms with van der Waals surface area (Å²) in [6.45, 7) is 11.0. The Balaban J connectivity index is 1.55. The van der Waals surface area contributed by atoms with E-state index in [-0.39, 0.29) is 44.8 Å². The van der Waals surface area contributed by atoms with Gasteiger partial charge in [0.15, 0.2) is 6.04 Å². The molecule has 0 aromatic carbocycles. The predicted molar refractivity (Wildman–Crippen MR) is 131 cm³/mol. The molecule has 0 aromatic rings. The van der Waals surface area contributed by atoms with Crippen molar-refractivity contribution in [1.82, 2.24) is 19.6 Å². The van der Waals surface area contributed by atoms with Crippen LogP contribution in [0.1, 0.15) is 40.0 Å². The lowest BCUT2D eigenvalue weighted by Crippen LogP contribution is -2.70. The number of methoxy groups -OCH3 is 1. The van der Waals surface area contributed by atoms with E-state index >= 15 is 0 Å². The third-order valence-electron chi connectivity index (χ3n) is 6.85. The first-order valence-electron chi connectivity index (χ1n) is 12.7. The number of amides is 5. The monoisotopic (exact) mass is 522 g/mol. The third kappa shape index (κ3) is 6.72. The van der Waals surface area contributed by atoms with Gasteiger partial charge in [-0.05, 0) is 46.0 Å². The van der Waals surface area contributed by atoms with Crippen LogP contribution in [0, 0.1) is 11.8 Å². The topological polar surface area (TPSA) is 126 Å². The molecular formula is C25H38N4O8. The number of likely N-dealkylation sites (tertiary alicyclic amines) is 2. The SMILES string of the molecule is C=CCOC(=O)N1CCN(C(=O)N2C(=O)[C@H](CC3CCN(C(=O)OC(C)(C)C)CC3)[C@H]2C(=O)OC)CC1. The van der Waals surface area contributed by atoms with Crippen LogP contribution in [-0.2, 0) is 23.8 Å². The molecule has 3 rings (SSSR count). The molecule has 3 heterocycles. The van der Waals surface area contributed by atoms with Crippen LogP contribution in [0.2, 0.25) is 0 Å². The molecule has 12 heteroatoms. The molecule has 37 heavy (non-hydrogen) atoms. The number of hydrogen-bond acceptors (Lipinski definition) is 8. The number of β-lactam (4-membered cyclic amide) rings is 1. The van der Waals surface area contributed by atoms with E-state index in [2.05, 4.69) is 6.58 Å². The van der Waals surface area contributed by atoms with E-state index < -0.39 is 41.6 Å². The zero-order valence-corrected chi connectivity index (χ0v) is 22.1. The highest BCUT2D eigenvalue weighted by Crippen LogP contribution is 2.37. The van der Waals surface area contributed by atoms with Crippen molar-refractivity contribution in [2.24, 2.45) is 11.8 Å². The lowest BCUT2D eigenvalue weighted by molar-refractivity contribution is -0.169. The predicted octanol–water partition coefficient (Wildman–Crippen LogP) is 2.08. The largest absolute Gasteiger partial charge is 0.467 e. The summed E-state index contributed by atoms with van der Waals surface area (Å²) < 4.78 is 15.4. The van der Waals surface area contributed by atoms with Crippen LogP contribution in [0.4, 0.5) is 14.4 Å². The van der Waals surface area contributed by atoms with Crippen molar-refractivity contribution < 1.29 is 38.2 Å². The highest BCUT2D eigenvalue weighted by atomic mass is 16.6. The maximum Gasteiger partial charge on any atom is 0.410 e. The van der Waals surface area contributed by atoms with Gasteiger partial charge in [0.25, 0.3) is 0 Å². The fourth-order valence-corrected chi connectivity index (χ4v) is 4.87. The van der Waals surface area contributed by atoms with Gasteiger partial charge in [0, 0.05) is 39.3 Å². The molecule has 0 N–H and O–H groups in total. The van der Waals surface area contributed by atoms with Crippen molar-refractivity contribution in [2.75, 3.05) is 53.0 Å². The molecule has 12 nitrogen and oxygen atoms in total. The van der Waals surface area contributed by atoms with Crippen LogP contribution in [0.5, 0.6) is 0 Å². The van der Waals surface area contributed by atoms with Crippen LogP contribution in [0.3, 0.4) is 0 Å². The van der Waals surface area contributed by atoms with Gasteiger partial charge in [0.2, 0.25) is 5.91 Å². The number of rotatable bonds is 5. The number of imide groups is 1. The first kappa shape index (κ1) is 28.3. The van der Waals surface area contributed by atoms with Crippen LogP contribution in [-0.4, -0.2) is 114 Å². The minimum absolute atomic E-state index is 0.0997. The summed E-state index contributed by atoms with van der Waals surface area (Å²) in [5.41, 5.74) is -0.572. The van der Waals surface area contributed by atoms with Gasteiger partial charge in [-0.15, -0.1) is 0 Å². The van der Waals surface area contributed by atoms with Crippen LogP contribution < -0.4 is 0 Å². The van der Waals surface area contributed by atoms with Gasteiger partial charge in [0.05, 0.1) is 13.0 Å². The molecule has 3 aliphatic heterocycles. The second-order valence-electron chi connectivity index (χ2n) is 10.6. The van der Waals surface area contributed by atoms with Gasteiger partial charge in [-0.3, -0.25) is 4.79 Å². The number of nitrogens with zero attached hydrogens (tertiary/aromatic N) is 4. The minimum Gasteiger partial charge on any atom is -0.467 e. The number of piperidine rings is 1. The van der Waals surface area contributed by atoms with Gasteiger partial charge >= 0.3 is 24.2 Å². The Kier molecular flexibility index (Phi) is 9.03. The molecule has 0 radical (unpaired) electrons. The van der Waals surface area contributed by atoms with E-state index in [4.69, 9.17) is 14.2 Å². The molecule has 0 aromatic heterocycles. The molecule has 206 valence electrons. The fourth-order valence-electron chi connectivity index (χ4n) is 4.87. The first-order chi connectivity index (χ1) is 17.5. The second kappa shape index (κ2) is 11.8.